The SMILES string of the molecule is C[C@@H](Sc1ncnc2sc3c(c12)CCC3)C(=O)NCCC1=CCCCC1. The number of fused-ring (bicyclic) bond motifs is 3. The number of aromatic nitrogens is 2. The van der Waals surface area contributed by atoms with E-state index in [0.29, 0.717) is 0 Å². The molecule has 2 aliphatic carbocycles. The predicted molar refractivity (Wildman–Crippen MR) is 109 cm³/mol. The number of carbonyl (C=O) groups is 1. The van der Waals surface area contributed by atoms with Gasteiger partial charge in [-0.1, -0.05) is 23.4 Å². The molecule has 0 bridgehead atoms. The molecule has 0 spiro atoms. The maximum atomic E-state index is 12.5. The molecule has 1 amide bonds. The van der Waals surface area contributed by atoms with Crippen LogP contribution in [0.1, 0.15) is 55.9 Å². The fourth-order valence-electron chi connectivity index (χ4n) is 3.83. The maximum absolute atomic E-state index is 12.5. The van der Waals surface area contributed by atoms with Gasteiger partial charge in [-0.3, -0.25) is 4.79 Å². The summed E-state index contributed by atoms with van der Waals surface area (Å²) in [6, 6.07) is 0. The smallest absolute Gasteiger partial charge is 0.233 e. The van der Waals surface area contributed by atoms with Gasteiger partial charge in [0.1, 0.15) is 16.2 Å². The summed E-state index contributed by atoms with van der Waals surface area (Å²) in [7, 11) is 0. The number of aryl methyl sites for hydroxylation is 2. The second kappa shape index (κ2) is 8.09. The average Bonchev–Trinajstić information content (AvgIpc) is 3.23. The Hall–Kier alpha value is -1.40. The van der Waals surface area contributed by atoms with Crippen molar-refractivity contribution in [2.45, 2.75) is 68.6 Å². The number of hydrogen-bond donors (Lipinski definition) is 1. The van der Waals surface area contributed by atoms with E-state index in [1.54, 1.807) is 29.4 Å². The highest BCUT2D eigenvalue weighted by Crippen LogP contribution is 2.40. The van der Waals surface area contributed by atoms with E-state index in [1.807, 2.05) is 6.92 Å². The largest absolute Gasteiger partial charge is 0.355 e. The molecule has 2 aliphatic rings. The first kappa shape index (κ1) is 18.0. The molecule has 0 unspecified atom stereocenters. The Labute approximate surface area is 162 Å². The second-order valence-electron chi connectivity index (χ2n) is 7.13. The Morgan fingerprint density at radius 1 is 1.27 bits per heavy atom. The number of thioether (sulfide) groups is 1. The zero-order valence-corrected chi connectivity index (χ0v) is 16.8. The van der Waals surface area contributed by atoms with Crippen molar-refractivity contribution in [2.24, 2.45) is 0 Å². The fourth-order valence-corrected chi connectivity index (χ4v) is 6.10. The lowest BCUT2D eigenvalue weighted by molar-refractivity contribution is -0.120. The van der Waals surface area contributed by atoms with E-state index in [1.165, 1.54) is 53.5 Å². The monoisotopic (exact) mass is 387 g/mol. The molecule has 138 valence electrons. The Bertz CT molecular complexity index is 843. The molecule has 0 saturated heterocycles. The highest BCUT2D eigenvalue weighted by molar-refractivity contribution is 8.00. The summed E-state index contributed by atoms with van der Waals surface area (Å²) < 4.78 is 0. The van der Waals surface area contributed by atoms with Crippen LogP contribution < -0.4 is 5.32 Å². The molecule has 1 N–H and O–H groups in total. The van der Waals surface area contributed by atoms with E-state index in [4.69, 9.17) is 0 Å². The van der Waals surface area contributed by atoms with Gasteiger partial charge in [-0.25, -0.2) is 9.97 Å². The molecule has 2 aromatic rings. The third-order valence-electron chi connectivity index (χ3n) is 5.25. The molecule has 26 heavy (non-hydrogen) atoms. The molecule has 4 nitrogen and oxygen atoms in total. The minimum atomic E-state index is -0.148. The molecule has 4 rings (SSSR count). The van der Waals surface area contributed by atoms with Crippen LogP contribution in [0, 0.1) is 0 Å². The van der Waals surface area contributed by atoms with Gasteiger partial charge in [0, 0.05) is 16.8 Å². The van der Waals surface area contributed by atoms with Crippen molar-refractivity contribution in [3.8, 4) is 0 Å². The number of carbonyl (C=O) groups excluding carboxylic acids is 1. The average molecular weight is 388 g/mol. The van der Waals surface area contributed by atoms with E-state index in [9.17, 15) is 4.79 Å². The van der Waals surface area contributed by atoms with Crippen LogP contribution in [0.2, 0.25) is 0 Å². The summed E-state index contributed by atoms with van der Waals surface area (Å²) in [4.78, 5) is 24.0. The quantitative estimate of drug-likeness (QED) is 0.445. The summed E-state index contributed by atoms with van der Waals surface area (Å²) in [6.45, 7) is 2.71. The highest BCUT2D eigenvalue weighted by Gasteiger charge is 2.23. The van der Waals surface area contributed by atoms with Crippen LogP contribution in [-0.4, -0.2) is 27.7 Å². The van der Waals surface area contributed by atoms with Crippen molar-refractivity contribution in [1.29, 1.82) is 0 Å². The Kier molecular flexibility index (Phi) is 5.60. The van der Waals surface area contributed by atoms with Crippen LogP contribution in [-0.2, 0) is 17.6 Å². The molecular weight excluding hydrogens is 362 g/mol. The zero-order chi connectivity index (χ0) is 17.9. The Balaban J connectivity index is 1.38. The number of hydrogen-bond acceptors (Lipinski definition) is 5. The fraction of sp³-hybridized carbons (Fsp3) is 0.550. The first-order valence-corrected chi connectivity index (χ1v) is 11.3. The minimum Gasteiger partial charge on any atom is -0.355 e. The standard InChI is InChI=1S/C20H25N3OS2/c1-13(18(24)21-11-10-14-6-3-2-4-7-14)25-19-17-15-8-5-9-16(15)26-20(17)23-12-22-19/h6,12-13H,2-5,7-11H2,1H3,(H,21,24)/t13-/m1/s1. The molecule has 6 heteroatoms. The first-order valence-electron chi connectivity index (χ1n) is 9.60. The van der Waals surface area contributed by atoms with Crippen LogP contribution in [0.25, 0.3) is 10.2 Å². The van der Waals surface area contributed by atoms with Crippen molar-refractivity contribution in [3.05, 3.63) is 28.4 Å². The second-order valence-corrected chi connectivity index (χ2v) is 9.54. The lowest BCUT2D eigenvalue weighted by Gasteiger charge is -2.15. The molecule has 2 aromatic heterocycles. The zero-order valence-electron chi connectivity index (χ0n) is 15.2. The van der Waals surface area contributed by atoms with Crippen LogP contribution in [0.3, 0.4) is 0 Å². The van der Waals surface area contributed by atoms with Gasteiger partial charge in [-0.2, -0.15) is 0 Å². The van der Waals surface area contributed by atoms with Gasteiger partial charge in [-0.15, -0.1) is 11.3 Å². The van der Waals surface area contributed by atoms with Gasteiger partial charge in [0.25, 0.3) is 0 Å². The normalized spacial score (nSPS) is 17.8. The van der Waals surface area contributed by atoms with Gasteiger partial charge in [0.15, 0.2) is 0 Å². The minimum absolute atomic E-state index is 0.102. The molecular formula is C20H25N3OS2. The Morgan fingerprint density at radius 3 is 3.04 bits per heavy atom. The first-order chi connectivity index (χ1) is 12.7. The molecule has 0 saturated carbocycles. The molecule has 0 aromatic carbocycles. The van der Waals surface area contributed by atoms with Gasteiger partial charge in [0.2, 0.25) is 5.91 Å². The summed E-state index contributed by atoms with van der Waals surface area (Å²) >= 11 is 3.36. The molecule has 0 aliphatic heterocycles. The lowest BCUT2D eigenvalue weighted by atomic mass is 9.97. The van der Waals surface area contributed by atoms with Crippen molar-refractivity contribution >= 4 is 39.2 Å². The maximum Gasteiger partial charge on any atom is 0.233 e. The number of allylic oxidation sites excluding steroid dienone is 1. The number of rotatable bonds is 6. The summed E-state index contributed by atoms with van der Waals surface area (Å²) in [5.41, 5.74) is 2.92. The topological polar surface area (TPSA) is 54.9 Å². The van der Waals surface area contributed by atoms with Gasteiger partial charge < -0.3 is 5.32 Å². The molecule has 1 atom stereocenters. The van der Waals surface area contributed by atoms with Crippen LogP contribution in [0.5, 0.6) is 0 Å². The van der Waals surface area contributed by atoms with Gasteiger partial charge >= 0.3 is 0 Å². The van der Waals surface area contributed by atoms with E-state index in [0.717, 1.165) is 35.7 Å². The van der Waals surface area contributed by atoms with Crippen molar-refractivity contribution in [3.63, 3.8) is 0 Å². The summed E-state index contributed by atoms with van der Waals surface area (Å²) in [5.74, 6) is 0.102. The summed E-state index contributed by atoms with van der Waals surface area (Å²) in [5, 5.41) is 5.12. The van der Waals surface area contributed by atoms with E-state index in [-0.39, 0.29) is 11.2 Å². The lowest BCUT2D eigenvalue weighted by Crippen LogP contribution is -2.32. The van der Waals surface area contributed by atoms with E-state index >= 15 is 0 Å². The molecule has 0 radical (unpaired) electrons. The van der Waals surface area contributed by atoms with Crippen LogP contribution in [0.4, 0.5) is 0 Å². The highest BCUT2D eigenvalue weighted by atomic mass is 32.2. The summed E-state index contributed by atoms with van der Waals surface area (Å²) in [6.07, 6.45) is 13.5. The predicted octanol–water partition coefficient (Wildman–Crippen LogP) is 4.67. The molecule has 2 heterocycles. The number of thiophene rings is 1. The van der Waals surface area contributed by atoms with Crippen molar-refractivity contribution < 1.29 is 4.79 Å². The van der Waals surface area contributed by atoms with E-state index in [2.05, 4.69) is 21.4 Å². The third kappa shape index (κ3) is 3.81. The van der Waals surface area contributed by atoms with E-state index < -0.39 is 0 Å². The number of amides is 1. The van der Waals surface area contributed by atoms with Crippen molar-refractivity contribution in [2.75, 3.05) is 6.54 Å². The van der Waals surface area contributed by atoms with Gasteiger partial charge in [0.05, 0.1) is 5.25 Å². The van der Waals surface area contributed by atoms with Gasteiger partial charge in [-0.05, 0) is 63.9 Å². The van der Waals surface area contributed by atoms with Crippen LogP contribution in [0.15, 0.2) is 23.0 Å². The number of nitrogens with zero attached hydrogens (tertiary/aromatic N) is 2. The third-order valence-corrected chi connectivity index (χ3v) is 7.55. The van der Waals surface area contributed by atoms with Crippen LogP contribution >= 0.6 is 23.1 Å². The Morgan fingerprint density at radius 2 is 2.19 bits per heavy atom. The van der Waals surface area contributed by atoms with Crippen molar-refractivity contribution in [1.82, 2.24) is 15.3 Å². The molecule has 0 fully saturated rings. The number of nitrogens with one attached hydrogen (secondary N) is 1.